The van der Waals surface area contributed by atoms with Crippen molar-refractivity contribution in [1.29, 1.82) is 5.26 Å². The van der Waals surface area contributed by atoms with Crippen molar-refractivity contribution in [1.82, 2.24) is 5.32 Å². The minimum Gasteiger partial charge on any atom is -0.486 e. The molecule has 0 spiro atoms. The highest BCUT2D eigenvalue weighted by atomic mass is 79.9. The second kappa shape index (κ2) is 10.2. The van der Waals surface area contributed by atoms with Crippen LogP contribution < -0.4 is 10.1 Å². The minimum atomic E-state index is -0.373. The van der Waals surface area contributed by atoms with Gasteiger partial charge in [0.05, 0.1) is 10.0 Å². The number of hydrogen-bond acceptors (Lipinski definition) is 3. The largest absolute Gasteiger partial charge is 0.486 e. The maximum Gasteiger partial charge on any atom is 0.262 e. The fraction of sp³-hybridized carbons (Fsp3) is 0.273. The van der Waals surface area contributed by atoms with E-state index in [0.717, 1.165) is 35.7 Å². The van der Waals surface area contributed by atoms with Crippen LogP contribution in [0.25, 0.3) is 6.08 Å². The number of nitrogens with one attached hydrogen (secondary N) is 1. The normalized spacial score (nSPS) is 14.5. The lowest BCUT2D eigenvalue weighted by Gasteiger charge is -2.12. The number of carbonyl (C=O) groups is 1. The van der Waals surface area contributed by atoms with Crippen molar-refractivity contribution in [2.75, 3.05) is 0 Å². The summed E-state index contributed by atoms with van der Waals surface area (Å²) in [5.41, 5.74) is 1.56. The van der Waals surface area contributed by atoms with Crippen molar-refractivity contribution in [2.45, 2.75) is 38.3 Å². The Morgan fingerprint density at radius 1 is 1.21 bits per heavy atom. The zero-order chi connectivity index (χ0) is 20.8. The SMILES string of the molecule is N#C/C(=C/c1cc(Cl)c(OCc2ccc(Br)cc2)c(Cl)c1)C(=O)NC1CCCC1. The number of ether oxygens (including phenoxy) is 1. The Balaban J connectivity index is 1.73. The van der Waals surface area contributed by atoms with Gasteiger partial charge in [0.2, 0.25) is 0 Å². The molecule has 0 atom stereocenters. The van der Waals surface area contributed by atoms with Crippen LogP contribution in [0.2, 0.25) is 10.0 Å². The van der Waals surface area contributed by atoms with Crippen molar-refractivity contribution in [3.8, 4) is 11.8 Å². The monoisotopic (exact) mass is 492 g/mol. The van der Waals surface area contributed by atoms with Gasteiger partial charge in [-0.25, -0.2) is 0 Å². The van der Waals surface area contributed by atoms with E-state index in [-0.39, 0.29) is 17.5 Å². The Labute approximate surface area is 188 Å². The molecule has 7 heteroatoms. The quantitative estimate of drug-likeness (QED) is 0.379. The van der Waals surface area contributed by atoms with Crippen LogP contribution in [0.4, 0.5) is 0 Å². The molecule has 0 radical (unpaired) electrons. The average Bonchev–Trinajstić information content (AvgIpc) is 3.19. The number of benzene rings is 2. The van der Waals surface area contributed by atoms with E-state index in [1.54, 1.807) is 12.1 Å². The van der Waals surface area contributed by atoms with Crippen LogP contribution in [0.5, 0.6) is 5.75 Å². The first-order chi connectivity index (χ1) is 14.0. The van der Waals surface area contributed by atoms with Gasteiger partial charge < -0.3 is 10.1 Å². The molecule has 29 heavy (non-hydrogen) atoms. The first-order valence-corrected chi connectivity index (χ1v) is 10.8. The lowest BCUT2D eigenvalue weighted by molar-refractivity contribution is -0.117. The van der Waals surface area contributed by atoms with Crippen molar-refractivity contribution >= 4 is 51.1 Å². The van der Waals surface area contributed by atoms with Gasteiger partial charge in [0.1, 0.15) is 18.2 Å². The predicted molar refractivity (Wildman–Crippen MR) is 119 cm³/mol. The molecule has 2 aromatic rings. The zero-order valence-electron chi connectivity index (χ0n) is 15.6. The highest BCUT2D eigenvalue weighted by Crippen LogP contribution is 2.35. The minimum absolute atomic E-state index is 0.0209. The van der Waals surface area contributed by atoms with Crippen LogP contribution in [0.1, 0.15) is 36.8 Å². The molecule has 1 aliphatic carbocycles. The molecular formula is C22H19BrCl2N2O2. The molecule has 4 nitrogen and oxygen atoms in total. The third-order valence-corrected chi connectivity index (χ3v) is 5.77. The van der Waals surface area contributed by atoms with Crippen LogP contribution in [-0.4, -0.2) is 11.9 Å². The fourth-order valence-electron chi connectivity index (χ4n) is 3.19. The number of rotatable bonds is 6. The molecule has 3 rings (SSSR count). The topological polar surface area (TPSA) is 62.1 Å². The first kappa shape index (κ1) is 21.7. The number of halogens is 3. The fourth-order valence-corrected chi connectivity index (χ4v) is 4.06. The standard InChI is InChI=1S/C22H19BrCl2N2O2/c23-17-7-5-14(6-8-17)13-29-21-19(24)10-15(11-20(21)25)9-16(12-26)22(28)27-18-3-1-2-4-18/h5-11,18H,1-4,13H2,(H,27,28)/b16-9-. The van der Waals surface area contributed by atoms with E-state index < -0.39 is 0 Å². The maximum absolute atomic E-state index is 12.4. The van der Waals surface area contributed by atoms with Crippen molar-refractivity contribution in [2.24, 2.45) is 0 Å². The van der Waals surface area contributed by atoms with Gasteiger partial charge in [-0.15, -0.1) is 0 Å². The van der Waals surface area contributed by atoms with Crippen molar-refractivity contribution in [3.63, 3.8) is 0 Å². The van der Waals surface area contributed by atoms with E-state index in [9.17, 15) is 10.1 Å². The Hall–Kier alpha value is -2.00. The van der Waals surface area contributed by atoms with Crippen LogP contribution >= 0.6 is 39.1 Å². The first-order valence-electron chi connectivity index (χ1n) is 9.25. The number of nitrogens with zero attached hydrogens (tertiary/aromatic N) is 1. The van der Waals surface area contributed by atoms with E-state index in [4.69, 9.17) is 27.9 Å². The smallest absolute Gasteiger partial charge is 0.262 e. The summed E-state index contributed by atoms with van der Waals surface area (Å²) in [4.78, 5) is 12.4. The molecule has 1 aliphatic rings. The highest BCUT2D eigenvalue weighted by molar-refractivity contribution is 9.10. The summed E-state index contributed by atoms with van der Waals surface area (Å²) in [5, 5.41) is 12.9. The van der Waals surface area contributed by atoms with E-state index in [1.165, 1.54) is 6.08 Å². The molecule has 0 unspecified atom stereocenters. The van der Waals surface area contributed by atoms with Crippen LogP contribution in [-0.2, 0) is 11.4 Å². The summed E-state index contributed by atoms with van der Waals surface area (Å²) in [6.07, 6.45) is 5.59. The van der Waals surface area contributed by atoms with Gasteiger partial charge in [-0.1, -0.05) is 64.1 Å². The average molecular weight is 494 g/mol. The summed E-state index contributed by atoms with van der Waals surface area (Å²) < 4.78 is 6.76. The summed E-state index contributed by atoms with van der Waals surface area (Å²) in [6, 6.07) is 13.1. The molecule has 0 aliphatic heterocycles. The molecule has 1 amide bonds. The third-order valence-electron chi connectivity index (χ3n) is 4.68. The molecule has 0 bridgehead atoms. The Morgan fingerprint density at radius 3 is 2.41 bits per heavy atom. The van der Waals surface area contributed by atoms with Crippen molar-refractivity contribution < 1.29 is 9.53 Å². The Morgan fingerprint density at radius 2 is 1.83 bits per heavy atom. The van der Waals surface area contributed by atoms with Crippen LogP contribution in [0.3, 0.4) is 0 Å². The molecule has 0 saturated heterocycles. The summed E-state index contributed by atoms with van der Waals surface area (Å²) in [5.74, 6) is -0.00970. The van der Waals surface area contributed by atoms with E-state index >= 15 is 0 Å². The number of amides is 1. The molecule has 0 aromatic heterocycles. The van der Waals surface area contributed by atoms with Gasteiger partial charge >= 0.3 is 0 Å². The second-order valence-corrected chi connectivity index (χ2v) is 8.58. The number of carbonyl (C=O) groups excluding carboxylic acids is 1. The summed E-state index contributed by atoms with van der Waals surface area (Å²) in [6.45, 7) is 0.315. The summed E-state index contributed by atoms with van der Waals surface area (Å²) in [7, 11) is 0. The second-order valence-electron chi connectivity index (χ2n) is 6.85. The lowest BCUT2D eigenvalue weighted by Crippen LogP contribution is -2.33. The molecular weight excluding hydrogens is 475 g/mol. The predicted octanol–water partition coefficient (Wildman–Crippen LogP) is 6.30. The molecule has 1 saturated carbocycles. The highest BCUT2D eigenvalue weighted by Gasteiger charge is 2.19. The maximum atomic E-state index is 12.4. The molecule has 1 fully saturated rings. The van der Waals surface area contributed by atoms with E-state index in [2.05, 4.69) is 21.2 Å². The van der Waals surface area contributed by atoms with Crippen LogP contribution in [0, 0.1) is 11.3 Å². The molecule has 150 valence electrons. The zero-order valence-corrected chi connectivity index (χ0v) is 18.6. The number of hydrogen-bond donors (Lipinski definition) is 1. The van der Waals surface area contributed by atoms with Crippen molar-refractivity contribution in [3.05, 3.63) is 67.6 Å². The van der Waals surface area contributed by atoms with Gasteiger partial charge in [-0.2, -0.15) is 5.26 Å². The van der Waals surface area contributed by atoms with Gasteiger partial charge in [-0.3, -0.25) is 4.79 Å². The van der Waals surface area contributed by atoms with E-state index in [0.29, 0.717) is 28.0 Å². The summed E-state index contributed by atoms with van der Waals surface area (Å²) >= 11 is 16.1. The lowest BCUT2D eigenvalue weighted by atomic mass is 10.1. The molecule has 1 N–H and O–H groups in total. The van der Waals surface area contributed by atoms with Crippen LogP contribution in [0.15, 0.2) is 46.4 Å². The van der Waals surface area contributed by atoms with E-state index in [1.807, 2.05) is 30.3 Å². The van der Waals surface area contributed by atoms with Gasteiger partial charge in [0, 0.05) is 10.5 Å². The van der Waals surface area contributed by atoms with Gasteiger partial charge in [0.15, 0.2) is 5.75 Å². The third kappa shape index (κ3) is 5.99. The number of nitriles is 1. The Kier molecular flexibility index (Phi) is 7.60. The molecule has 2 aromatic carbocycles. The Bertz CT molecular complexity index is 939. The van der Waals surface area contributed by atoms with Gasteiger partial charge in [-0.05, 0) is 54.3 Å². The molecule has 0 heterocycles. The van der Waals surface area contributed by atoms with Gasteiger partial charge in [0.25, 0.3) is 5.91 Å².